The molecule has 2 aliphatic rings. The Kier molecular flexibility index (Phi) is 4.87. The summed E-state index contributed by atoms with van der Waals surface area (Å²) in [5.41, 5.74) is 15.6. The van der Waals surface area contributed by atoms with Crippen LogP contribution in [0.15, 0.2) is 114 Å². The van der Waals surface area contributed by atoms with Gasteiger partial charge in [-0.2, -0.15) is 0 Å². The van der Waals surface area contributed by atoms with E-state index in [-0.39, 0.29) is 5.41 Å². The first-order valence-electron chi connectivity index (χ1n) is 15.7. The SMILES string of the molecule is CC1(C)c2ccccc2-c2cc3c4c(n(-c5ccccc5)c3cc21)CCC(c1ccc2c(c1)oc1nc3ccncc3cc12)=C4. The predicted octanol–water partition coefficient (Wildman–Crippen LogP) is 10.3. The standard InChI is InChI=1S/C41H29N3O/c1-41(2)34-11-7-6-10-28(34)30-21-32-31-18-24(13-15-37(31)44(38(32)22-35(30)41)27-8-4-3-5-9-27)25-12-14-29-33-19-26-23-42-17-16-36(26)43-40(33)45-39(29)20-25/h3-12,14,16-23H,13,15H2,1-2H3. The number of para-hydroxylation sites is 1. The summed E-state index contributed by atoms with van der Waals surface area (Å²) >= 11 is 0. The van der Waals surface area contributed by atoms with Crippen molar-refractivity contribution in [2.75, 3.05) is 0 Å². The van der Waals surface area contributed by atoms with E-state index < -0.39 is 0 Å². The molecule has 4 aromatic heterocycles. The minimum absolute atomic E-state index is 0.0490. The molecule has 214 valence electrons. The van der Waals surface area contributed by atoms with Crippen LogP contribution in [-0.2, 0) is 11.8 Å². The van der Waals surface area contributed by atoms with Crippen LogP contribution in [0.25, 0.3) is 72.3 Å². The summed E-state index contributed by atoms with van der Waals surface area (Å²) in [6.07, 6.45) is 7.99. The number of aromatic nitrogens is 3. The maximum absolute atomic E-state index is 6.33. The molecule has 4 heteroatoms. The second kappa shape index (κ2) is 8.80. The first-order chi connectivity index (χ1) is 22.0. The third-order valence-corrected chi connectivity index (χ3v) is 10.2. The number of pyridine rings is 2. The molecule has 2 aliphatic carbocycles. The Labute approximate surface area is 260 Å². The molecule has 0 atom stereocenters. The van der Waals surface area contributed by atoms with Gasteiger partial charge < -0.3 is 8.98 Å². The van der Waals surface area contributed by atoms with E-state index in [1.54, 1.807) is 6.20 Å². The van der Waals surface area contributed by atoms with Crippen molar-refractivity contribution in [3.8, 4) is 16.8 Å². The molecule has 45 heavy (non-hydrogen) atoms. The number of hydrogen-bond acceptors (Lipinski definition) is 3. The Morgan fingerprint density at radius 1 is 0.756 bits per heavy atom. The fourth-order valence-corrected chi connectivity index (χ4v) is 7.97. The lowest BCUT2D eigenvalue weighted by Gasteiger charge is -2.21. The van der Waals surface area contributed by atoms with Crippen LogP contribution in [0.3, 0.4) is 0 Å². The molecule has 10 rings (SSSR count). The van der Waals surface area contributed by atoms with E-state index in [1.807, 2.05) is 12.3 Å². The highest BCUT2D eigenvalue weighted by atomic mass is 16.3. The smallest absolute Gasteiger partial charge is 0.227 e. The van der Waals surface area contributed by atoms with Gasteiger partial charge in [-0.25, -0.2) is 4.98 Å². The van der Waals surface area contributed by atoms with Gasteiger partial charge in [0, 0.05) is 56.3 Å². The van der Waals surface area contributed by atoms with E-state index in [1.165, 1.54) is 61.2 Å². The van der Waals surface area contributed by atoms with Crippen molar-refractivity contribution in [1.29, 1.82) is 0 Å². The summed E-state index contributed by atoms with van der Waals surface area (Å²) in [6, 6.07) is 35.4. The quantitative estimate of drug-likeness (QED) is 0.205. The van der Waals surface area contributed by atoms with E-state index in [9.17, 15) is 0 Å². The highest BCUT2D eigenvalue weighted by Crippen LogP contribution is 2.51. The molecule has 0 unspecified atom stereocenters. The molecule has 0 bridgehead atoms. The molecule has 0 saturated heterocycles. The highest BCUT2D eigenvalue weighted by molar-refractivity contribution is 6.09. The summed E-state index contributed by atoms with van der Waals surface area (Å²) in [6.45, 7) is 4.72. The largest absolute Gasteiger partial charge is 0.438 e. The molecule has 0 saturated carbocycles. The monoisotopic (exact) mass is 579 g/mol. The van der Waals surface area contributed by atoms with Crippen LogP contribution in [0.4, 0.5) is 0 Å². The number of hydrogen-bond donors (Lipinski definition) is 0. The second-order valence-electron chi connectivity index (χ2n) is 13.0. The van der Waals surface area contributed by atoms with Gasteiger partial charge in [0.1, 0.15) is 5.58 Å². The minimum Gasteiger partial charge on any atom is -0.438 e. The van der Waals surface area contributed by atoms with Crippen LogP contribution in [0.2, 0.25) is 0 Å². The van der Waals surface area contributed by atoms with E-state index in [0.717, 1.165) is 40.1 Å². The Bertz CT molecular complexity index is 2560. The van der Waals surface area contributed by atoms with Gasteiger partial charge in [0.2, 0.25) is 5.71 Å². The van der Waals surface area contributed by atoms with Crippen molar-refractivity contribution in [3.05, 3.63) is 137 Å². The zero-order valence-corrected chi connectivity index (χ0v) is 25.1. The zero-order valence-electron chi connectivity index (χ0n) is 25.1. The normalized spacial score (nSPS) is 15.0. The van der Waals surface area contributed by atoms with Crippen molar-refractivity contribution in [1.82, 2.24) is 14.5 Å². The van der Waals surface area contributed by atoms with E-state index in [0.29, 0.717) is 5.71 Å². The van der Waals surface area contributed by atoms with Gasteiger partial charge in [0.15, 0.2) is 0 Å². The van der Waals surface area contributed by atoms with Gasteiger partial charge >= 0.3 is 0 Å². The topological polar surface area (TPSA) is 43.9 Å². The average molecular weight is 580 g/mol. The maximum Gasteiger partial charge on any atom is 0.227 e. The van der Waals surface area contributed by atoms with Crippen LogP contribution in [0.5, 0.6) is 0 Å². The number of allylic oxidation sites excluding steroid dienone is 1. The Balaban J connectivity index is 1.19. The fraction of sp³-hybridized carbons (Fsp3) is 0.122. The first kappa shape index (κ1) is 24.9. The molecule has 0 fully saturated rings. The molecule has 4 heterocycles. The van der Waals surface area contributed by atoms with Crippen molar-refractivity contribution < 1.29 is 4.42 Å². The summed E-state index contributed by atoms with van der Waals surface area (Å²) in [5.74, 6) is 0. The van der Waals surface area contributed by atoms with Crippen LogP contribution in [0, 0.1) is 0 Å². The number of fused-ring (bicyclic) bond motifs is 10. The van der Waals surface area contributed by atoms with Gasteiger partial charge in [-0.15, -0.1) is 0 Å². The fourth-order valence-electron chi connectivity index (χ4n) is 7.97. The number of rotatable bonds is 2. The third kappa shape index (κ3) is 3.42. The van der Waals surface area contributed by atoms with Crippen LogP contribution in [0.1, 0.15) is 48.2 Å². The number of nitrogens with zero attached hydrogens (tertiary/aromatic N) is 3. The van der Waals surface area contributed by atoms with Gasteiger partial charge in [-0.05, 0) is 101 Å². The second-order valence-corrected chi connectivity index (χ2v) is 13.0. The van der Waals surface area contributed by atoms with Gasteiger partial charge in [0.05, 0.1) is 11.0 Å². The molecule has 4 aromatic carbocycles. The Morgan fingerprint density at radius 2 is 1.62 bits per heavy atom. The average Bonchev–Trinajstić information content (AvgIpc) is 3.67. The lowest BCUT2D eigenvalue weighted by molar-refractivity contribution is 0.655. The van der Waals surface area contributed by atoms with Crippen LogP contribution in [-0.4, -0.2) is 14.5 Å². The Morgan fingerprint density at radius 3 is 2.53 bits per heavy atom. The molecular weight excluding hydrogens is 550 g/mol. The summed E-state index contributed by atoms with van der Waals surface area (Å²) in [7, 11) is 0. The van der Waals surface area contributed by atoms with E-state index in [2.05, 4.69) is 120 Å². The molecule has 8 aromatic rings. The summed E-state index contributed by atoms with van der Waals surface area (Å²) in [5, 5.41) is 4.44. The number of benzene rings is 4. The lowest BCUT2D eigenvalue weighted by Crippen LogP contribution is -2.15. The molecule has 0 spiro atoms. The Hall–Kier alpha value is -5.48. The summed E-state index contributed by atoms with van der Waals surface area (Å²) < 4.78 is 8.84. The van der Waals surface area contributed by atoms with Gasteiger partial charge in [0.25, 0.3) is 0 Å². The van der Waals surface area contributed by atoms with Crippen LogP contribution < -0.4 is 0 Å². The van der Waals surface area contributed by atoms with Gasteiger partial charge in [-0.3, -0.25) is 4.98 Å². The minimum atomic E-state index is -0.0490. The van der Waals surface area contributed by atoms with Crippen molar-refractivity contribution >= 4 is 55.5 Å². The first-order valence-corrected chi connectivity index (χ1v) is 15.7. The molecular formula is C41H29N3O. The van der Waals surface area contributed by atoms with E-state index in [4.69, 9.17) is 9.40 Å². The molecule has 0 amide bonds. The predicted molar refractivity (Wildman–Crippen MR) is 184 cm³/mol. The molecule has 4 nitrogen and oxygen atoms in total. The lowest BCUT2D eigenvalue weighted by atomic mass is 9.82. The van der Waals surface area contributed by atoms with Crippen molar-refractivity contribution in [2.45, 2.75) is 32.1 Å². The maximum atomic E-state index is 6.33. The molecule has 0 aliphatic heterocycles. The molecule has 0 N–H and O–H groups in total. The van der Waals surface area contributed by atoms with E-state index >= 15 is 0 Å². The van der Waals surface area contributed by atoms with Crippen LogP contribution >= 0.6 is 0 Å². The third-order valence-electron chi connectivity index (χ3n) is 10.2. The molecule has 0 radical (unpaired) electrons. The number of furan rings is 1. The van der Waals surface area contributed by atoms with Crippen molar-refractivity contribution in [2.24, 2.45) is 0 Å². The summed E-state index contributed by atoms with van der Waals surface area (Å²) in [4.78, 5) is 9.06. The zero-order chi connectivity index (χ0) is 29.9. The highest BCUT2D eigenvalue weighted by Gasteiger charge is 2.36. The van der Waals surface area contributed by atoms with Crippen molar-refractivity contribution in [3.63, 3.8) is 0 Å². The van der Waals surface area contributed by atoms with Gasteiger partial charge in [-0.1, -0.05) is 62.4 Å².